The summed E-state index contributed by atoms with van der Waals surface area (Å²) in [6.07, 6.45) is 4.98. The minimum atomic E-state index is 0.447. The third-order valence-corrected chi connectivity index (χ3v) is 5.87. The molecule has 0 unspecified atom stereocenters. The third kappa shape index (κ3) is 3.78. The first kappa shape index (κ1) is 15.6. The van der Waals surface area contributed by atoms with E-state index in [0.717, 1.165) is 36.8 Å². The van der Waals surface area contributed by atoms with E-state index in [1.807, 2.05) is 6.07 Å². The number of halogens is 1. The monoisotopic (exact) mass is 336 g/mol. The Bertz CT molecular complexity index is 506. The molecule has 1 saturated carbocycles. The molecule has 0 bridgehead atoms. The largest absolute Gasteiger partial charge is 0.381 e. The number of nitrogens with one attached hydrogen (secondary N) is 1. The maximum atomic E-state index is 5.79. The molecule has 3 heterocycles. The summed E-state index contributed by atoms with van der Waals surface area (Å²) in [6, 6.07) is 4.24. The normalized spacial score (nSPS) is 32.1. The van der Waals surface area contributed by atoms with Crippen molar-refractivity contribution in [2.24, 2.45) is 17.8 Å². The fourth-order valence-corrected chi connectivity index (χ4v) is 4.66. The van der Waals surface area contributed by atoms with Crippen LogP contribution >= 0.6 is 11.6 Å². The number of nitrogens with zero attached hydrogens (tertiary/aromatic N) is 3. The molecule has 126 valence electrons. The van der Waals surface area contributed by atoms with Crippen LogP contribution in [0.4, 0.5) is 5.82 Å². The number of hydrogen-bond acceptors (Lipinski definition) is 5. The molecule has 23 heavy (non-hydrogen) atoms. The van der Waals surface area contributed by atoms with Crippen molar-refractivity contribution in [2.45, 2.75) is 31.7 Å². The molecule has 3 atom stereocenters. The molecule has 3 fully saturated rings. The van der Waals surface area contributed by atoms with Gasteiger partial charge in [0.25, 0.3) is 0 Å². The van der Waals surface area contributed by atoms with Crippen LogP contribution in [0.3, 0.4) is 0 Å². The van der Waals surface area contributed by atoms with E-state index in [0.29, 0.717) is 11.2 Å². The first-order chi connectivity index (χ1) is 11.3. The molecule has 1 aromatic rings. The van der Waals surface area contributed by atoms with E-state index in [1.54, 1.807) is 6.07 Å². The fourth-order valence-electron chi connectivity index (χ4n) is 4.56. The molecule has 3 aliphatic rings. The van der Waals surface area contributed by atoms with E-state index in [4.69, 9.17) is 16.3 Å². The number of rotatable bonds is 4. The molecule has 1 aliphatic carbocycles. The van der Waals surface area contributed by atoms with Gasteiger partial charge in [-0.05, 0) is 55.6 Å². The van der Waals surface area contributed by atoms with Gasteiger partial charge in [-0.1, -0.05) is 11.6 Å². The number of ether oxygens (including phenoxy) is 1. The van der Waals surface area contributed by atoms with Gasteiger partial charge in [0.2, 0.25) is 0 Å². The second-order valence-corrected chi connectivity index (χ2v) is 7.74. The van der Waals surface area contributed by atoms with Gasteiger partial charge in [-0.25, -0.2) is 0 Å². The van der Waals surface area contributed by atoms with Crippen molar-refractivity contribution >= 4 is 17.4 Å². The Morgan fingerprint density at radius 3 is 2.52 bits per heavy atom. The van der Waals surface area contributed by atoms with Crippen molar-refractivity contribution in [3.05, 3.63) is 17.3 Å². The first-order valence-electron chi connectivity index (χ1n) is 8.82. The molecule has 6 heteroatoms. The van der Waals surface area contributed by atoms with Crippen LogP contribution in [0, 0.1) is 17.8 Å². The van der Waals surface area contributed by atoms with E-state index in [9.17, 15) is 0 Å². The van der Waals surface area contributed by atoms with Crippen LogP contribution in [0.2, 0.25) is 5.15 Å². The van der Waals surface area contributed by atoms with Crippen LogP contribution in [0.1, 0.15) is 25.7 Å². The number of aromatic nitrogens is 2. The van der Waals surface area contributed by atoms with Gasteiger partial charge in [0.1, 0.15) is 5.82 Å². The molecule has 0 radical (unpaired) electrons. The van der Waals surface area contributed by atoms with E-state index in [-0.39, 0.29) is 0 Å². The second-order valence-electron chi connectivity index (χ2n) is 7.35. The van der Waals surface area contributed by atoms with E-state index in [1.165, 1.54) is 45.3 Å². The second kappa shape index (κ2) is 6.91. The molecule has 5 nitrogen and oxygen atoms in total. The van der Waals surface area contributed by atoms with Gasteiger partial charge >= 0.3 is 0 Å². The standard InChI is InChI=1S/C17H25ClN4O/c18-16-1-2-17(21-20-16)19-15-7-13-10-22(11-14(13)8-15)9-12-3-5-23-6-4-12/h1-2,12-15H,3-11H2,(H,19,21)/t13-,14+,15+. The zero-order valence-electron chi connectivity index (χ0n) is 13.5. The van der Waals surface area contributed by atoms with E-state index >= 15 is 0 Å². The maximum Gasteiger partial charge on any atom is 0.151 e. The predicted octanol–water partition coefficient (Wildman–Crippen LogP) is 2.68. The number of likely N-dealkylation sites (tertiary alicyclic amines) is 1. The number of hydrogen-bond donors (Lipinski definition) is 1. The van der Waals surface area contributed by atoms with Crippen molar-refractivity contribution in [1.82, 2.24) is 15.1 Å². The van der Waals surface area contributed by atoms with E-state index in [2.05, 4.69) is 20.4 Å². The number of fused-ring (bicyclic) bond motifs is 1. The summed E-state index contributed by atoms with van der Waals surface area (Å²) >= 11 is 5.79. The summed E-state index contributed by atoms with van der Waals surface area (Å²) in [4.78, 5) is 2.70. The third-order valence-electron chi connectivity index (χ3n) is 5.67. The van der Waals surface area contributed by atoms with Gasteiger partial charge < -0.3 is 15.0 Å². The lowest BCUT2D eigenvalue weighted by Gasteiger charge is -2.27. The quantitative estimate of drug-likeness (QED) is 0.916. The van der Waals surface area contributed by atoms with Crippen LogP contribution in [0.15, 0.2) is 12.1 Å². The molecule has 1 N–H and O–H groups in total. The van der Waals surface area contributed by atoms with Crippen molar-refractivity contribution in [1.29, 1.82) is 0 Å². The highest BCUT2D eigenvalue weighted by atomic mass is 35.5. The van der Waals surface area contributed by atoms with Gasteiger partial charge in [-0.2, -0.15) is 0 Å². The van der Waals surface area contributed by atoms with Gasteiger partial charge in [0.15, 0.2) is 5.15 Å². The smallest absolute Gasteiger partial charge is 0.151 e. The lowest BCUT2D eigenvalue weighted by molar-refractivity contribution is 0.0545. The average Bonchev–Trinajstić information content (AvgIpc) is 3.08. The zero-order chi connectivity index (χ0) is 15.6. The Hall–Kier alpha value is -0.910. The van der Waals surface area contributed by atoms with E-state index < -0.39 is 0 Å². The topological polar surface area (TPSA) is 50.3 Å². The summed E-state index contributed by atoms with van der Waals surface area (Å²) in [5.41, 5.74) is 0. The Labute approximate surface area is 142 Å². The summed E-state index contributed by atoms with van der Waals surface area (Å²) in [6.45, 7) is 5.73. The highest BCUT2D eigenvalue weighted by Crippen LogP contribution is 2.39. The maximum absolute atomic E-state index is 5.79. The fraction of sp³-hybridized carbons (Fsp3) is 0.765. The zero-order valence-corrected chi connectivity index (χ0v) is 14.2. The van der Waals surface area contributed by atoms with Gasteiger partial charge in [0, 0.05) is 38.9 Å². The lowest BCUT2D eigenvalue weighted by Crippen LogP contribution is -2.32. The molecule has 2 aliphatic heterocycles. The average molecular weight is 337 g/mol. The summed E-state index contributed by atoms with van der Waals surface area (Å²) in [7, 11) is 0. The van der Waals surface area contributed by atoms with Crippen molar-refractivity contribution < 1.29 is 4.74 Å². The molecular weight excluding hydrogens is 312 g/mol. The Morgan fingerprint density at radius 1 is 1.13 bits per heavy atom. The van der Waals surface area contributed by atoms with Crippen LogP contribution in [-0.2, 0) is 4.74 Å². The molecule has 4 rings (SSSR count). The highest BCUT2D eigenvalue weighted by Gasteiger charge is 2.41. The summed E-state index contributed by atoms with van der Waals surface area (Å²) < 4.78 is 5.47. The SMILES string of the molecule is Clc1ccc(N[C@H]2C[C@@H]3CN(CC4CCOCC4)C[C@@H]3C2)nn1. The Balaban J connectivity index is 1.25. The van der Waals surface area contributed by atoms with Gasteiger partial charge in [0.05, 0.1) is 0 Å². The van der Waals surface area contributed by atoms with Crippen molar-refractivity contribution in [2.75, 3.05) is 38.2 Å². The molecule has 0 amide bonds. The van der Waals surface area contributed by atoms with Crippen molar-refractivity contribution in [3.63, 3.8) is 0 Å². The Kier molecular flexibility index (Phi) is 4.69. The molecule has 2 saturated heterocycles. The van der Waals surface area contributed by atoms with Crippen LogP contribution in [0.25, 0.3) is 0 Å². The molecule has 0 spiro atoms. The van der Waals surface area contributed by atoms with Crippen molar-refractivity contribution in [3.8, 4) is 0 Å². The highest BCUT2D eigenvalue weighted by molar-refractivity contribution is 6.29. The summed E-state index contributed by atoms with van der Waals surface area (Å²) in [5.74, 6) is 3.37. The minimum absolute atomic E-state index is 0.447. The predicted molar refractivity (Wildman–Crippen MR) is 90.6 cm³/mol. The lowest BCUT2D eigenvalue weighted by atomic mass is 10.00. The summed E-state index contributed by atoms with van der Waals surface area (Å²) in [5, 5.41) is 12.0. The van der Waals surface area contributed by atoms with Gasteiger partial charge in [-0.3, -0.25) is 0 Å². The molecular formula is C17H25ClN4O. The first-order valence-corrected chi connectivity index (χ1v) is 9.20. The minimum Gasteiger partial charge on any atom is -0.381 e. The number of anilines is 1. The molecule has 0 aromatic carbocycles. The van der Waals surface area contributed by atoms with Gasteiger partial charge in [-0.15, -0.1) is 10.2 Å². The molecule has 1 aromatic heterocycles. The van der Waals surface area contributed by atoms with Crippen LogP contribution < -0.4 is 5.32 Å². The Morgan fingerprint density at radius 2 is 1.87 bits per heavy atom. The van der Waals surface area contributed by atoms with Crippen LogP contribution in [0.5, 0.6) is 0 Å². The van der Waals surface area contributed by atoms with Crippen LogP contribution in [-0.4, -0.2) is 54.0 Å².